The molecule has 3 aliphatic rings. The first kappa shape index (κ1) is 25.6. The molecule has 2 amide bonds. The second-order valence-electron chi connectivity index (χ2n) is 10.6. The fourth-order valence-corrected chi connectivity index (χ4v) is 6.51. The molecule has 3 saturated heterocycles. The van der Waals surface area contributed by atoms with Crippen LogP contribution in [0.1, 0.15) is 57.6 Å². The van der Waals surface area contributed by atoms with Crippen LogP contribution in [0.2, 0.25) is 0 Å². The Morgan fingerprint density at radius 2 is 2.00 bits per heavy atom. The molecule has 1 spiro atoms. The molecule has 35 heavy (non-hydrogen) atoms. The van der Waals surface area contributed by atoms with Crippen molar-refractivity contribution >= 4 is 23.5 Å². The Hall–Kier alpha value is -2.45. The first-order chi connectivity index (χ1) is 16.6. The number of hydrogen-bond acceptors (Lipinski definition) is 6. The molecule has 6 atom stereocenters. The molecular formula is C27H38N2O6. The maximum Gasteiger partial charge on any atom is 0.312 e. The van der Waals surface area contributed by atoms with Gasteiger partial charge in [-0.3, -0.25) is 14.4 Å². The summed E-state index contributed by atoms with van der Waals surface area (Å²) in [4.78, 5) is 42.6. The van der Waals surface area contributed by atoms with E-state index in [2.05, 4.69) is 5.32 Å². The number of rotatable bonds is 9. The van der Waals surface area contributed by atoms with E-state index in [4.69, 9.17) is 14.6 Å². The second kappa shape index (κ2) is 9.54. The zero-order chi connectivity index (χ0) is 25.5. The van der Waals surface area contributed by atoms with Gasteiger partial charge in [0.2, 0.25) is 11.8 Å². The lowest BCUT2D eigenvalue weighted by atomic mass is 9.62. The molecule has 0 aliphatic carbocycles. The molecule has 4 rings (SSSR count). The number of nitrogens with zero attached hydrogens (tertiary/aromatic N) is 1. The smallest absolute Gasteiger partial charge is 0.312 e. The van der Waals surface area contributed by atoms with Gasteiger partial charge in [0, 0.05) is 18.8 Å². The van der Waals surface area contributed by atoms with E-state index in [1.165, 1.54) is 0 Å². The summed E-state index contributed by atoms with van der Waals surface area (Å²) in [6, 6.07) is 5.01. The van der Waals surface area contributed by atoms with Gasteiger partial charge in [-0.15, -0.1) is 0 Å². The number of unbranched alkanes of at least 4 members (excludes halogenated alkanes) is 2. The minimum Gasteiger partial charge on any atom is -0.466 e. The molecule has 8 nitrogen and oxygen atoms in total. The quantitative estimate of drug-likeness (QED) is 0.411. The van der Waals surface area contributed by atoms with E-state index in [1.807, 2.05) is 45.9 Å². The minimum absolute atomic E-state index is 0.0219. The second-order valence-corrected chi connectivity index (χ2v) is 10.6. The largest absolute Gasteiger partial charge is 0.466 e. The highest BCUT2D eigenvalue weighted by molar-refractivity contribution is 6.03. The summed E-state index contributed by atoms with van der Waals surface area (Å²) < 4.78 is 12.0. The van der Waals surface area contributed by atoms with Crippen molar-refractivity contribution in [2.45, 2.75) is 77.5 Å². The van der Waals surface area contributed by atoms with Crippen LogP contribution in [0.3, 0.4) is 0 Å². The predicted molar refractivity (Wildman–Crippen MR) is 131 cm³/mol. The number of aliphatic hydroxyl groups excluding tert-OH is 1. The monoisotopic (exact) mass is 486 g/mol. The highest BCUT2D eigenvalue weighted by Crippen LogP contribution is 2.65. The van der Waals surface area contributed by atoms with Crippen LogP contribution in [0.15, 0.2) is 18.2 Å². The van der Waals surface area contributed by atoms with Gasteiger partial charge in [0.15, 0.2) is 0 Å². The number of hydrogen-bond donors (Lipinski definition) is 2. The number of carbonyl (C=O) groups excluding carboxylic acids is 3. The Kier molecular flexibility index (Phi) is 6.99. The minimum atomic E-state index is -1.08. The predicted octanol–water partition coefficient (Wildman–Crippen LogP) is 2.98. The molecule has 3 aliphatic heterocycles. The molecule has 2 N–H and O–H groups in total. The average molecular weight is 487 g/mol. The van der Waals surface area contributed by atoms with E-state index in [9.17, 15) is 14.4 Å². The van der Waals surface area contributed by atoms with E-state index >= 15 is 0 Å². The summed E-state index contributed by atoms with van der Waals surface area (Å²) in [6.45, 7) is 10.2. The Morgan fingerprint density at radius 3 is 2.69 bits per heavy atom. The molecule has 1 aromatic carbocycles. The Labute approximate surface area is 207 Å². The van der Waals surface area contributed by atoms with E-state index < -0.39 is 35.0 Å². The number of ether oxygens (including phenoxy) is 2. The van der Waals surface area contributed by atoms with Crippen molar-refractivity contribution in [3.05, 3.63) is 29.3 Å². The molecule has 0 aromatic heterocycles. The molecule has 192 valence electrons. The Balaban J connectivity index is 1.73. The SMILES string of the molecule is CCOC(=O)[C@@H]1[C@H]2C(=O)N(CCCCCO)C(C(=O)Nc3cc(C)ccc3C)C23CC(C)[C@@]1(C)O3. The number of amides is 2. The van der Waals surface area contributed by atoms with Crippen LogP contribution < -0.4 is 5.32 Å². The summed E-state index contributed by atoms with van der Waals surface area (Å²) >= 11 is 0. The zero-order valence-corrected chi connectivity index (χ0v) is 21.4. The standard InChI is InChI=1S/C27H38N2O6/c1-6-34-25(33)21-20-24(32)29(12-8-7-9-13-30)22(27(20)15-18(4)26(21,5)35-27)23(31)28-19-14-16(2)10-11-17(19)3/h10-11,14,18,20-22,30H,6-9,12-13,15H2,1-5H3,(H,28,31)/t18?,20-,21-,22?,26+,27?/m0/s1. The lowest BCUT2D eigenvalue weighted by Gasteiger charge is -2.35. The number of fused-ring (bicyclic) bond motifs is 1. The van der Waals surface area contributed by atoms with E-state index in [0.717, 1.165) is 17.5 Å². The van der Waals surface area contributed by atoms with E-state index in [0.29, 0.717) is 31.5 Å². The van der Waals surface area contributed by atoms with Gasteiger partial charge in [-0.2, -0.15) is 0 Å². The van der Waals surface area contributed by atoms with Gasteiger partial charge < -0.3 is 24.8 Å². The van der Waals surface area contributed by atoms with Crippen LogP contribution in [0.25, 0.3) is 0 Å². The molecule has 2 bridgehead atoms. The molecule has 8 heteroatoms. The van der Waals surface area contributed by atoms with Gasteiger partial charge in [-0.1, -0.05) is 19.1 Å². The van der Waals surface area contributed by atoms with Gasteiger partial charge in [-0.25, -0.2) is 0 Å². The van der Waals surface area contributed by atoms with Crippen LogP contribution in [-0.2, 0) is 23.9 Å². The summed E-state index contributed by atoms with van der Waals surface area (Å²) in [7, 11) is 0. The van der Waals surface area contributed by atoms with E-state index in [-0.39, 0.29) is 30.9 Å². The third-order valence-electron chi connectivity index (χ3n) is 8.31. The number of esters is 1. The molecule has 3 heterocycles. The molecule has 0 radical (unpaired) electrons. The number of benzene rings is 1. The van der Waals surface area contributed by atoms with Gasteiger partial charge in [0.1, 0.15) is 17.6 Å². The summed E-state index contributed by atoms with van der Waals surface area (Å²) in [6.07, 6.45) is 2.54. The number of nitrogens with one attached hydrogen (secondary N) is 1. The maximum absolute atomic E-state index is 13.9. The first-order valence-electron chi connectivity index (χ1n) is 12.8. The lowest BCUT2D eigenvalue weighted by molar-refractivity contribution is -0.160. The van der Waals surface area contributed by atoms with Crippen molar-refractivity contribution in [1.29, 1.82) is 0 Å². The topological polar surface area (TPSA) is 105 Å². The highest BCUT2D eigenvalue weighted by Gasteiger charge is 2.80. The fraction of sp³-hybridized carbons (Fsp3) is 0.667. The molecule has 0 saturated carbocycles. The van der Waals surface area contributed by atoms with Crippen molar-refractivity contribution < 1.29 is 29.0 Å². The Morgan fingerprint density at radius 1 is 1.26 bits per heavy atom. The van der Waals surface area contributed by atoms with Crippen molar-refractivity contribution in [3.8, 4) is 0 Å². The molecule has 1 aromatic rings. The zero-order valence-electron chi connectivity index (χ0n) is 21.4. The van der Waals surface area contributed by atoms with Gasteiger partial charge >= 0.3 is 5.97 Å². The van der Waals surface area contributed by atoms with Crippen LogP contribution in [0.4, 0.5) is 5.69 Å². The third-order valence-corrected chi connectivity index (χ3v) is 8.31. The maximum atomic E-state index is 13.9. The average Bonchev–Trinajstić information content (AvgIpc) is 3.31. The first-order valence-corrected chi connectivity index (χ1v) is 12.8. The summed E-state index contributed by atoms with van der Waals surface area (Å²) in [5.41, 5.74) is 0.704. The van der Waals surface area contributed by atoms with E-state index in [1.54, 1.807) is 11.8 Å². The van der Waals surface area contributed by atoms with Crippen LogP contribution in [-0.4, -0.2) is 64.8 Å². The number of carbonyl (C=O) groups is 3. The number of aryl methyl sites for hydroxylation is 2. The van der Waals surface area contributed by atoms with Crippen molar-refractivity contribution in [3.63, 3.8) is 0 Å². The van der Waals surface area contributed by atoms with Crippen LogP contribution in [0.5, 0.6) is 0 Å². The van der Waals surface area contributed by atoms with Crippen LogP contribution in [0, 0.1) is 31.6 Å². The Bertz CT molecular complexity index is 1010. The highest BCUT2D eigenvalue weighted by atomic mass is 16.6. The third kappa shape index (κ3) is 4.04. The van der Waals surface area contributed by atoms with Crippen molar-refractivity contribution in [2.24, 2.45) is 17.8 Å². The lowest BCUT2D eigenvalue weighted by Crippen LogP contribution is -2.54. The number of aliphatic hydroxyl groups is 1. The normalized spacial score (nSPS) is 33.2. The fourth-order valence-electron chi connectivity index (χ4n) is 6.51. The van der Waals surface area contributed by atoms with Crippen molar-refractivity contribution in [1.82, 2.24) is 4.90 Å². The summed E-state index contributed by atoms with van der Waals surface area (Å²) in [5, 5.41) is 12.2. The van der Waals surface area contributed by atoms with Crippen LogP contribution >= 0.6 is 0 Å². The van der Waals surface area contributed by atoms with Gasteiger partial charge in [0.25, 0.3) is 0 Å². The van der Waals surface area contributed by atoms with Gasteiger partial charge in [-0.05, 0) is 76.5 Å². The molecule has 3 unspecified atom stereocenters. The number of likely N-dealkylation sites (tertiary alicyclic amines) is 1. The molecular weight excluding hydrogens is 448 g/mol. The van der Waals surface area contributed by atoms with Gasteiger partial charge in [0.05, 0.1) is 18.1 Å². The number of anilines is 1. The molecule has 3 fully saturated rings. The van der Waals surface area contributed by atoms with Crippen molar-refractivity contribution in [2.75, 3.05) is 25.1 Å². The summed E-state index contributed by atoms with van der Waals surface area (Å²) in [5.74, 6) is -2.47.